The smallest absolute Gasteiger partial charge is 0.239 e. The van der Waals surface area contributed by atoms with E-state index in [4.69, 9.17) is 0 Å². The van der Waals surface area contributed by atoms with Crippen LogP contribution in [0.3, 0.4) is 0 Å². The Morgan fingerprint density at radius 3 is 2.37 bits per heavy atom. The topological polar surface area (TPSA) is 75.3 Å². The molecule has 0 aliphatic rings. The minimum Gasteiger partial charge on any atom is -0.355 e. The van der Waals surface area contributed by atoms with Crippen molar-refractivity contribution in [3.05, 3.63) is 29.8 Å². The average Bonchev–Trinajstić information content (AvgIpc) is 2.66. The molecular formula is C20H30N2O3S2. The quantitative estimate of drug-likeness (QED) is 0.361. The summed E-state index contributed by atoms with van der Waals surface area (Å²) < 4.78 is 0. The number of amides is 2. The largest absolute Gasteiger partial charge is 0.355 e. The van der Waals surface area contributed by atoms with Crippen LogP contribution in [0, 0.1) is 0 Å². The SMILES string of the molecule is CCCCC(=O)NCC(=O)NCCCSSc1ccc(CCC(C)=O)cc1. The van der Waals surface area contributed by atoms with Crippen LogP contribution >= 0.6 is 21.6 Å². The summed E-state index contributed by atoms with van der Waals surface area (Å²) in [5, 5.41) is 5.45. The number of unbranched alkanes of at least 4 members (excludes halogenated alkanes) is 1. The molecule has 0 fully saturated rings. The number of Topliss-reactive ketones (excluding diaryl/α,β-unsaturated/α-hetero) is 1. The fraction of sp³-hybridized carbons (Fsp3) is 0.550. The Morgan fingerprint density at radius 1 is 0.963 bits per heavy atom. The molecule has 7 heteroatoms. The molecule has 0 aliphatic heterocycles. The molecule has 0 aliphatic carbocycles. The Hall–Kier alpha value is -1.47. The molecule has 1 aromatic carbocycles. The first kappa shape index (κ1) is 23.6. The van der Waals surface area contributed by atoms with E-state index < -0.39 is 0 Å². The number of hydrogen-bond acceptors (Lipinski definition) is 5. The van der Waals surface area contributed by atoms with Crippen molar-refractivity contribution in [3.63, 3.8) is 0 Å². The van der Waals surface area contributed by atoms with Crippen LogP contribution in [0.25, 0.3) is 0 Å². The van der Waals surface area contributed by atoms with E-state index in [0.717, 1.165) is 31.4 Å². The zero-order valence-corrected chi connectivity index (χ0v) is 17.8. The highest BCUT2D eigenvalue weighted by molar-refractivity contribution is 8.76. The molecule has 0 unspecified atom stereocenters. The first-order valence-electron chi connectivity index (χ1n) is 9.42. The van der Waals surface area contributed by atoms with Crippen LogP contribution < -0.4 is 10.6 Å². The van der Waals surface area contributed by atoms with E-state index in [2.05, 4.69) is 34.9 Å². The second-order valence-corrected chi connectivity index (χ2v) is 8.82. The summed E-state index contributed by atoms with van der Waals surface area (Å²) in [4.78, 5) is 35.3. The van der Waals surface area contributed by atoms with Crippen LogP contribution in [-0.4, -0.2) is 36.4 Å². The lowest BCUT2D eigenvalue weighted by atomic mass is 10.1. The van der Waals surface area contributed by atoms with Crippen molar-refractivity contribution in [2.24, 2.45) is 0 Å². The molecule has 0 spiro atoms. The van der Waals surface area contributed by atoms with Gasteiger partial charge < -0.3 is 15.4 Å². The monoisotopic (exact) mass is 410 g/mol. The Balaban J connectivity index is 2.05. The van der Waals surface area contributed by atoms with Gasteiger partial charge in [0.05, 0.1) is 6.54 Å². The van der Waals surface area contributed by atoms with Crippen LogP contribution in [0.4, 0.5) is 0 Å². The zero-order valence-electron chi connectivity index (χ0n) is 16.2. The number of carbonyl (C=O) groups is 3. The number of carbonyl (C=O) groups excluding carboxylic acids is 3. The van der Waals surface area contributed by atoms with Crippen molar-refractivity contribution in [1.82, 2.24) is 10.6 Å². The van der Waals surface area contributed by atoms with Gasteiger partial charge in [-0.2, -0.15) is 0 Å². The number of rotatable bonds is 14. The lowest BCUT2D eigenvalue weighted by molar-refractivity contribution is -0.126. The molecule has 150 valence electrons. The second-order valence-electron chi connectivity index (χ2n) is 6.34. The maximum absolute atomic E-state index is 11.6. The van der Waals surface area contributed by atoms with E-state index in [9.17, 15) is 14.4 Å². The molecular weight excluding hydrogens is 380 g/mol. The highest BCUT2D eigenvalue weighted by Crippen LogP contribution is 2.31. The van der Waals surface area contributed by atoms with Gasteiger partial charge in [0.25, 0.3) is 0 Å². The van der Waals surface area contributed by atoms with Gasteiger partial charge in [-0.3, -0.25) is 9.59 Å². The summed E-state index contributed by atoms with van der Waals surface area (Å²) in [6.07, 6.45) is 4.57. The molecule has 0 saturated carbocycles. The van der Waals surface area contributed by atoms with Gasteiger partial charge in [-0.1, -0.05) is 47.1 Å². The predicted molar refractivity (Wildman–Crippen MR) is 114 cm³/mol. The van der Waals surface area contributed by atoms with Gasteiger partial charge in [0.2, 0.25) is 11.8 Å². The summed E-state index contributed by atoms with van der Waals surface area (Å²) in [5.41, 5.74) is 1.18. The average molecular weight is 411 g/mol. The molecule has 5 nitrogen and oxygen atoms in total. The third-order valence-corrected chi connectivity index (χ3v) is 6.24. The van der Waals surface area contributed by atoms with Crippen molar-refractivity contribution in [1.29, 1.82) is 0 Å². The first-order chi connectivity index (χ1) is 13.0. The Morgan fingerprint density at radius 2 is 1.70 bits per heavy atom. The number of hydrogen-bond donors (Lipinski definition) is 2. The first-order valence-corrected chi connectivity index (χ1v) is 11.7. The van der Waals surface area contributed by atoms with Gasteiger partial charge in [0, 0.05) is 30.0 Å². The summed E-state index contributed by atoms with van der Waals surface area (Å²) in [6.45, 7) is 4.32. The molecule has 2 amide bonds. The van der Waals surface area contributed by atoms with Crippen LogP contribution in [0.1, 0.15) is 51.5 Å². The zero-order chi connectivity index (χ0) is 19.9. The van der Waals surface area contributed by atoms with E-state index in [0.29, 0.717) is 19.4 Å². The Labute approximate surface area is 170 Å². The molecule has 0 saturated heterocycles. The van der Waals surface area contributed by atoms with Crippen molar-refractivity contribution < 1.29 is 14.4 Å². The van der Waals surface area contributed by atoms with Crippen LogP contribution in [-0.2, 0) is 20.8 Å². The number of benzene rings is 1. The fourth-order valence-electron chi connectivity index (χ4n) is 2.17. The van der Waals surface area contributed by atoms with E-state index in [1.165, 1.54) is 10.5 Å². The van der Waals surface area contributed by atoms with Crippen LogP contribution in [0.5, 0.6) is 0 Å². The maximum atomic E-state index is 11.6. The van der Waals surface area contributed by atoms with Gasteiger partial charge in [-0.15, -0.1) is 0 Å². The minimum absolute atomic E-state index is 0.0560. The van der Waals surface area contributed by atoms with Crippen molar-refractivity contribution in [2.45, 2.75) is 57.3 Å². The van der Waals surface area contributed by atoms with Gasteiger partial charge in [-0.05, 0) is 43.9 Å². The normalized spacial score (nSPS) is 10.4. The second kappa shape index (κ2) is 14.6. The van der Waals surface area contributed by atoms with Gasteiger partial charge >= 0.3 is 0 Å². The van der Waals surface area contributed by atoms with E-state index in [-0.39, 0.29) is 24.1 Å². The number of nitrogens with one attached hydrogen (secondary N) is 2. The molecule has 0 heterocycles. The molecule has 0 atom stereocenters. The minimum atomic E-state index is -0.140. The Bertz CT molecular complexity index is 591. The summed E-state index contributed by atoms with van der Waals surface area (Å²) in [6, 6.07) is 8.30. The Kier molecular flexibility index (Phi) is 12.7. The summed E-state index contributed by atoms with van der Waals surface area (Å²) in [7, 11) is 3.47. The van der Waals surface area contributed by atoms with Gasteiger partial charge in [0.15, 0.2) is 0 Å². The van der Waals surface area contributed by atoms with Crippen molar-refractivity contribution in [3.8, 4) is 0 Å². The predicted octanol–water partition coefficient (Wildman–Crippen LogP) is 3.76. The molecule has 27 heavy (non-hydrogen) atoms. The molecule has 0 bridgehead atoms. The standard InChI is InChI=1S/C20H30N2O3S2/c1-3-4-6-19(24)22-15-20(25)21-13-5-14-26-27-18-11-9-17(10-12-18)8-7-16(2)23/h9-12H,3-8,13-15H2,1-2H3,(H,21,25)(H,22,24). The lowest BCUT2D eigenvalue weighted by Crippen LogP contribution is -2.37. The van der Waals surface area contributed by atoms with Crippen molar-refractivity contribution in [2.75, 3.05) is 18.8 Å². The van der Waals surface area contributed by atoms with E-state index in [1.54, 1.807) is 28.5 Å². The lowest BCUT2D eigenvalue weighted by Gasteiger charge is -2.07. The van der Waals surface area contributed by atoms with Gasteiger partial charge in [0.1, 0.15) is 5.78 Å². The molecule has 1 aromatic rings. The van der Waals surface area contributed by atoms with E-state index in [1.807, 2.05) is 6.92 Å². The summed E-state index contributed by atoms with van der Waals surface area (Å²) >= 11 is 0. The van der Waals surface area contributed by atoms with Crippen LogP contribution in [0.2, 0.25) is 0 Å². The maximum Gasteiger partial charge on any atom is 0.239 e. The highest BCUT2D eigenvalue weighted by Gasteiger charge is 2.04. The fourth-order valence-corrected chi connectivity index (χ4v) is 4.24. The molecule has 1 rings (SSSR count). The van der Waals surface area contributed by atoms with Gasteiger partial charge in [-0.25, -0.2) is 0 Å². The third kappa shape index (κ3) is 12.5. The third-order valence-electron chi connectivity index (χ3n) is 3.77. The number of ketones is 1. The number of aryl methyl sites for hydroxylation is 1. The van der Waals surface area contributed by atoms with E-state index >= 15 is 0 Å². The summed E-state index contributed by atoms with van der Waals surface area (Å²) in [5.74, 6) is 0.944. The molecule has 2 N–H and O–H groups in total. The van der Waals surface area contributed by atoms with Crippen molar-refractivity contribution >= 4 is 39.2 Å². The molecule has 0 aromatic heterocycles. The van der Waals surface area contributed by atoms with Crippen LogP contribution in [0.15, 0.2) is 29.2 Å². The molecule has 0 radical (unpaired) electrons. The highest BCUT2D eigenvalue weighted by atomic mass is 33.1.